The molecule has 1 fully saturated rings. The number of methoxy groups -OCH3 is 1. The summed E-state index contributed by atoms with van der Waals surface area (Å²) in [6, 6.07) is 6.35. The highest BCUT2D eigenvalue weighted by molar-refractivity contribution is 5.99. The number of hydrogen-bond acceptors (Lipinski definition) is 5. The summed E-state index contributed by atoms with van der Waals surface area (Å²) < 4.78 is 20.5. The number of aromatic nitrogens is 2. The quantitative estimate of drug-likeness (QED) is 0.678. The Hall–Kier alpha value is -2.94. The molecule has 3 N–H and O–H groups in total. The molecule has 1 aliphatic carbocycles. The lowest BCUT2D eigenvalue weighted by atomic mass is 10.1. The van der Waals surface area contributed by atoms with Crippen LogP contribution in [0.15, 0.2) is 33.9 Å². The molecule has 9 heteroatoms. The summed E-state index contributed by atoms with van der Waals surface area (Å²) in [4.78, 5) is 41.6. The van der Waals surface area contributed by atoms with Crippen molar-refractivity contribution in [3.8, 4) is 0 Å². The number of hydrogen-bond donors (Lipinski definition) is 2. The summed E-state index contributed by atoms with van der Waals surface area (Å²) in [5, 5.41) is 0. The molecular weight excluding hydrogens is 391 g/mol. The Morgan fingerprint density at radius 3 is 2.70 bits per heavy atom. The lowest BCUT2D eigenvalue weighted by Gasteiger charge is -2.25. The van der Waals surface area contributed by atoms with Gasteiger partial charge in [-0.25, -0.2) is 9.18 Å². The van der Waals surface area contributed by atoms with Gasteiger partial charge in [0.1, 0.15) is 11.6 Å². The molecule has 1 aromatic carbocycles. The van der Waals surface area contributed by atoms with E-state index in [1.807, 2.05) is 13.8 Å². The monoisotopic (exact) mass is 418 g/mol. The van der Waals surface area contributed by atoms with Gasteiger partial charge >= 0.3 is 5.69 Å². The van der Waals surface area contributed by atoms with Crippen LogP contribution in [0.2, 0.25) is 0 Å². The Labute approximate surface area is 173 Å². The average Bonchev–Trinajstić information content (AvgIpc) is 3.48. The number of benzene rings is 1. The molecule has 8 nitrogen and oxygen atoms in total. The van der Waals surface area contributed by atoms with Gasteiger partial charge in [-0.1, -0.05) is 32.0 Å². The molecule has 0 radical (unpaired) electrons. The SMILES string of the molecule is COCCN(C(=O)C1CC1c1ccccc1F)c1c(N)n(CC(C)C)c(=O)[nH]c1=O. The summed E-state index contributed by atoms with van der Waals surface area (Å²) >= 11 is 0. The summed E-state index contributed by atoms with van der Waals surface area (Å²) in [5.74, 6) is -1.39. The van der Waals surface area contributed by atoms with Gasteiger partial charge in [-0.15, -0.1) is 0 Å². The summed E-state index contributed by atoms with van der Waals surface area (Å²) in [6.07, 6.45) is 0.479. The summed E-state index contributed by atoms with van der Waals surface area (Å²) in [7, 11) is 1.48. The van der Waals surface area contributed by atoms with Crippen LogP contribution in [-0.4, -0.2) is 35.7 Å². The number of ether oxygens (including phenoxy) is 1. The second kappa shape index (κ2) is 8.83. The van der Waals surface area contributed by atoms with Crippen molar-refractivity contribution in [2.75, 3.05) is 30.9 Å². The molecule has 1 aromatic heterocycles. The Morgan fingerprint density at radius 2 is 2.07 bits per heavy atom. The van der Waals surface area contributed by atoms with Crippen molar-refractivity contribution in [3.05, 3.63) is 56.5 Å². The average molecular weight is 418 g/mol. The normalized spacial score (nSPS) is 17.9. The molecule has 3 rings (SSSR count). The molecule has 2 atom stereocenters. The molecule has 1 saturated carbocycles. The van der Waals surface area contributed by atoms with Crippen molar-refractivity contribution in [3.63, 3.8) is 0 Å². The summed E-state index contributed by atoms with van der Waals surface area (Å²) in [6.45, 7) is 4.37. The molecule has 1 heterocycles. The van der Waals surface area contributed by atoms with Crippen LogP contribution in [0.25, 0.3) is 0 Å². The maximum atomic E-state index is 14.1. The topological polar surface area (TPSA) is 110 Å². The first kappa shape index (κ1) is 21.8. The second-order valence-corrected chi connectivity index (χ2v) is 7.95. The summed E-state index contributed by atoms with van der Waals surface area (Å²) in [5.41, 5.74) is 5.24. The highest BCUT2D eigenvalue weighted by Gasteiger charge is 2.47. The molecule has 2 aromatic rings. The number of halogens is 1. The van der Waals surface area contributed by atoms with Crippen molar-refractivity contribution in [2.45, 2.75) is 32.7 Å². The third-order valence-corrected chi connectivity index (χ3v) is 5.23. The van der Waals surface area contributed by atoms with Crippen molar-refractivity contribution in [1.29, 1.82) is 0 Å². The van der Waals surface area contributed by atoms with E-state index < -0.39 is 17.2 Å². The van der Waals surface area contributed by atoms with Crippen molar-refractivity contribution < 1.29 is 13.9 Å². The van der Waals surface area contributed by atoms with E-state index in [9.17, 15) is 18.8 Å². The van der Waals surface area contributed by atoms with Crippen molar-refractivity contribution in [2.24, 2.45) is 11.8 Å². The van der Waals surface area contributed by atoms with Crippen LogP contribution in [0.5, 0.6) is 0 Å². The predicted octanol–water partition coefficient (Wildman–Crippen LogP) is 1.70. The smallest absolute Gasteiger partial charge is 0.330 e. The van der Waals surface area contributed by atoms with Gasteiger partial charge in [-0.3, -0.25) is 19.1 Å². The van der Waals surface area contributed by atoms with Gasteiger partial charge in [0.05, 0.1) is 6.61 Å². The zero-order valence-electron chi connectivity index (χ0n) is 17.4. The van der Waals surface area contributed by atoms with Gasteiger partial charge in [-0.2, -0.15) is 0 Å². The number of nitrogens with one attached hydrogen (secondary N) is 1. The zero-order valence-corrected chi connectivity index (χ0v) is 17.4. The van der Waals surface area contributed by atoms with E-state index in [0.717, 1.165) is 0 Å². The number of anilines is 2. The Morgan fingerprint density at radius 1 is 1.37 bits per heavy atom. The standard InChI is InChI=1S/C21H27FN4O4/c1-12(2)11-26-18(23)17(19(27)24-21(26)29)25(8-9-30-3)20(28)15-10-14(15)13-6-4-5-7-16(13)22/h4-7,12,14-15H,8-11,23H2,1-3H3,(H,24,27,29). The second-order valence-electron chi connectivity index (χ2n) is 7.95. The van der Waals surface area contributed by atoms with Crippen LogP contribution in [0.4, 0.5) is 15.9 Å². The number of amides is 1. The van der Waals surface area contributed by atoms with Crippen molar-refractivity contribution >= 4 is 17.4 Å². The van der Waals surface area contributed by atoms with E-state index in [0.29, 0.717) is 18.5 Å². The number of nitrogens with two attached hydrogens (primary N) is 1. The minimum atomic E-state index is -0.731. The number of rotatable bonds is 8. The van der Waals surface area contributed by atoms with E-state index >= 15 is 0 Å². The Kier molecular flexibility index (Phi) is 6.40. The van der Waals surface area contributed by atoms with Gasteiger partial charge < -0.3 is 15.4 Å². The first-order valence-corrected chi connectivity index (χ1v) is 9.93. The number of nitrogen functional groups attached to an aromatic ring is 1. The van der Waals surface area contributed by atoms with Crippen LogP contribution in [0.3, 0.4) is 0 Å². The van der Waals surface area contributed by atoms with Gasteiger partial charge in [-0.05, 0) is 29.9 Å². The van der Waals surface area contributed by atoms with Gasteiger partial charge in [0.15, 0.2) is 5.69 Å². The van der Waals surface area contributed by atoms with E-state index in [-0.39, 0.29) is 48.2 Å². The predicted molar refractivity (Wildman–Crippen MR) is 112 cm³/mol. The molecular formula is C21H27FN4O4. The number of nitrogens with zero attached hydrogens (tertiary/aromatic N) is 2. The lowest BCUT2D eigenvalue weighted by Crippen LogP contribution is -2.43. The fourth-order valence-corrected chi connectivity index (χ4v) is 3.69. The highest BCUT2D eigenvalue weighted by Crippen LogP contribution is 2.49. The van der Waals surface area contributed by atoms with E-state index in [1.54, 1.807) is 18.2 Å². The first-order chi connectivity index (χ1) is 14.3. The van der Waals surface area contributed by atoms with Crippen LogP contribution in [-0.2, 0) is 16.1 Å². The molecule has 0 bridgehead atoms. The number of carbonyl (C=O) groups excluding carboxylic acids is 1. The maximum Gasteiger partial charge on any atom is 0.330 e. The molecule has 162 valence electrons. The van der Waals surface area contributed by atoms with Crippen LogP contribution < -0.4 is 21.9 Å². The van der Waals surface area contributed by atoms with E-state index in [1.165, 1.54) is 22.6 Å². The van der Waals surface area contributed by atoms with E-state index in [2.05, 4.69) is 4.98 Å². The third kappa shape index (κ3) is 4.30. The fourth-order valence-electron chi connectivity index (χ4n) is 3.69. The van der Waals surface area contributed by atoms with Gasteiger partial charge in [0, 0.05) is 26.1 Å². The zero-order chi connectivity index (χ0) is 22.0. The molecule has 0 saturated heterocycles. The van der Waals surface area contributed by atoms with Crippen LogP contribution >= 0.6 is 0 Å². The van der Waals surface area contributed by atoms with Crippen LogP contribution in [0.1, 0.15) is 31.7 Å². The maximum absolute atomic E-state index is 14.1. The minimum Gasteiger partial charge on any atom is -0.383 e. The van der Waals surface area contributed by atoms with Gasteiger partial charge in [0.25, 0.3) is 5.56 Å². The third-order valence-electron chi connectivity index (χ3n) is 5.23. The fraction of sp³-hybridized carbons (Fsp3) is 0.476. The molecule has 30 heavy (non-hydrogen) atoms. The molecule has 0 aliphatic heterocycles. The molecule has 1 amide bonds. The lowest BCUT2D eigenvalue weighted by molar-refractivity contribution is -0.120. The number of aromatic amines is 1. The molecule has 1 aliphatic rings. The van der Waals surface area contributed by atoms with Gasteiger partial charge in [0.2, 0.25) is 5.91 Å². The Bertz CT molecular complexity index is 1050. The molecule has 0 spiro atoms. The largest absolute Gasteiger partial charge is 0.383 e. The Balaban J connectivity index is 1.98. The van der Waals surface area contributed by atoms with E-state index in [4.69, 9.17) is 10.5 Å². The molecule has 2 unspecified atom stereocenters. The number of H-pyrrole nitrogens is 1. The van der Waals surface area contributed by atoms with Crippen LogP contribution in [0, 0.1) is 17.7 Å². The number of carbonyl (C=O) groups is 1. The first-order valence-electron chi connectivity index (χ1n) is 9.93. The highest BCUT2D eigenvalue weighted by atomic mass is 19.1. The minimum absolute atomic E-state index is 0.0648. The van der Waals surface area contributed by atoms with Crippen molar-refractivity contribution in [1.82, 2.24) is 9.55 Å².